The number of ether oxygens (including phenoxy) is 1. The van der Waals surface area contributed by atoms with E-state index >= 15 is 0 Å². The molecule has 0 aliphatic rings. The average Bonchev–Trinajstić information content (AvgIpc) is 3.26. The Morgan fingerprint density at radius 2 is 1.67 bits per heavy atom. The molecule has 0 saturated carbocycles. The third kappa shape index (κ3) is 6.60. The topological polar surface area (TPSA) is 43.3 Å². The van der Waals surface area contributed by atoms with E-state index in [4.69, 9.17) is 4.74 Å². The van der Waals surface area contributed by atoms with Crippen LogP contribution in [0.25, 0.3) is 5.69 Å². The molecule has 3 rings (SSSR count). The van der Waals surface area contributed by atoms with Gasteiger partial charge in [0.1, 0.15) is 6.61 Å². The van der Waals surface area contributed by atoms with Crippen molar-refractivity contribution in [1.29, 1.82) is 0 Å². The van der Waals surface area contributed by atoms with Crippen molar-refractivity contribution < 1.29 is 9.53 Å². The highest BCUT2D eigenvalue weighted by molar-refractivity contribution is 5.89. The molecule has 2 aromatic carbocycles. The third-order valence-electron chi connectivity index (χ3n) is 5.19. The van der Waals surface area contributed by atoms with Crippen LogP contribution in [-0.4, -0.2) is 17.1 Å². The van der Waals surface area contributed by atoms with Gasteiger partial charge in [-0.1, -0.05) is 62.9 Å². The standard InChI is InChI=1S/C26H32N2O2/c1-2-3-4-5-9-18-27-20-25-13-10-19-28(25)24-16-14-23(15-17-24)26(29)30-21-22-11-7-6-8-12-22/h6-8,10-17,19,27H,2-5,9,18,20-21H2,1H3. The van der Waals surface area contributed by atoms with Crippen LogP contribution in [0.4, 0.5) is 0 Å². The highest BCUT2D eigenvalue weighted by Gasteiger charge is 2.09. The fourth-order valence-corrected chi connectivity index (χ4v) is 3.45. The number of nitrogens with one attached hydrogen (secondary N) is 1. The number of carbonyl (C=O) groups is 1. The zero-order chi connectivity index (χ0) is 21.0. The van der Waals surface area contributed by atoms with Crippen LogP contribution in [0.1, 0.15) is 60.6 Å². The van der Waals surface area contributed by atoms with Gasteiger partial charge in [-0.3, -0.25) is 0 Å². The summed E-state index contributed by atoms with van der Waals surface area (Å²) in [6, 6.07) is 21.5. The molecule has 158 valence electrons. The van der Waals surface area contributed by atoms with Crippen LogP contribution in [0.2, 0.25) is 0 Å². The van der Waals surface area contributed by atoms with Gasteiger partial charge < -0.3 is 14.6 Å². The third-order valence-corrected chi connectivity index (χ3v) is 5.19. The number of hydrogen-bond acceptors (Lipinski definition) is 3. The lowest BCUT2D eigenvalue weighted by Gasteiger charge is -2.11. The predicted octanol–water partition coefficient (Wildman–Crippen LogP) is 5.89. The van der Waals surface area contributed by atoms with Crippen LogP contribution in [0.15, 0.2) is 72.9 Å². The molecule has 0 radical (unpaired) electrons. The Hall–Kier alpha value is -2.85. The number of esters is 1. The highest BCUT2D eigenvalue weighted by atomic mass is 16.5. The Kier molecular flexibility index (Phi) is 8.73. The first-order chi connectivity index (χ1) is 14.8. The summed E-state index contributed by atoms with van der Waals surface area (Å²) < 4.78 is 7.57. The zero-order valence-corrected chi connectivity index (χ0v) is 17.8. The van der Waals surface area contributed by atoms with Crippen molar-refractivity contribution in [3.8, 4) is 5.69 Å². The molecular weight excluding hydrogens is 372 g/mol. The molecule has 0 saturated heterocycles. The molecule has 4 nitrogen and oxygen atoms in total. The highest BCUT2D eigenvalue weighted by Crippen LogP contribution is 2.15. The van der Waals surface area contributed by atoms with Crippen LogP contribution in [0, 0.1) is 0 Å². The van der Waals surface area contributed by atoms with Gasteiger partial charge in [0.2, 0.25) is 0 Å². The van der Waals surface area contributed by atoms with Gasteiger partial charge >= 0.3 is 5.97 Å². The fraction of sp³-hybridized carbons (Fsp3) is 0.346. The van der Waals surface area contributed by atoms with Crippen LogP contribution >= 0.6 is 0 Å². The van der Waals surface area contributed by atoms with Crippen molar-refractivity contribution in [1.82, 2.24) is 9.88 Å². The second-order valence-electron chi connectivity index (χ2n) is 7.57. The number of benzene rings is 2. The minimum absolute atomic E-state index is 0.285. The average molecular weight is 405 g/mol. The van der Waals surface area contributed by atoms with Crippen LogP contribution in [-0.2, 0) is 17.9 Å². The van der Waals surface area contributed by atoms with Crippen molar-refractivity contribution >= 4 is 5.97 Å². The second-order valence-corrected chi connectivity index (χ2v) is 7.57. The Morgan fingerprint density at radius 3 is 2.43 bits per heavy atom. The number of carbonyl (C=O) groups excluding carboxylic acids is 1. The Morgan fingerprint density at radius 1 is 0.900 bits per heavy atom. The van der Waals surface area contributed by atoms with Gasteiger partial charge in [0.25, 0.3) is 0 Å². The molecule has 0 aliphatic heterocycles. The molecule has 0 aliphatic carbocycles. The summed E-state index contributed by atoms with van der Waals surface area (Å²) in [4.78, 5) is 12.3. The molecule has 0 amide bonds. The van der Waals surface area contributed by atoms with Gasteiger partial charge in [0.15, 0.2) is 0 Å². The molecule has 0 spiro atoms. The number of aromatic nitrogens is 1. The summed E-state index contributed by atoms with van der Waals surface area (Å²) in [7, 11) is 0. The van der Waals surface area contributed by atoms with Gasteiger partial charge in [0.05, 0.1) is 5.56 Å². The van der Waals surface area contributed by atoms with E-state index in [0.29, 0.717) is 5.56 Å². The maximum atomic E-state index is 12.3. The van der Waals surface area contributed by atoms with Crippen LogP contribution in [0.5, 0.6) is 0 Å². The fourth-order valence-electron chi connectivity index (χ4n) is 3.45. The van der Waals surface area contributed by atoms with Gasteiger partial charge in [-0.15, -0.1) is 0 Å². The SMILES string of the molecule is CCCCCCCNCc1cccn1-c1ccc(C(=O)OCc2ccccc2)cc1. The maximum Gasteiger partial charge on any atom is 0.338 e. The van der Waals surface area contributed by atoms with Crippen molar-refractivity contribution in [2.24, 2.45) is 0 Å². The first-order valence-electron chi connectivity index (χ1n) is 11.0. The largest absolute Gasteiger partial charge is 0.457 e. The van der Waals surface area contributed by atoms with E-state index in [2.05, 4.69) is 35.1 Å². The van der Waals surface area contributed by atoms with Crippen molar-refractivity contribution in [3.05, 3.63) is 89.7 Å². The van der Waals surface area contributed by atoms with E-state index in [1.54, 1.807) is 0 Å². The first kappa shape index (κ1) is 21.8. The Balaban J connectivity index is 1.50. The summed E-state index contributed by atoms with van der Waals surface area (Å²) in [6.07, 6.45) is 8.52. The number of rotatable bonds is 12. The zero-order valence-electron chi connectivity index (χ0n) is 17.8. The normalized spacial score (nSPS) is 10.8. The van der Waals surface area contributed by atoms with E-state index in [1.807, 2.05) is 54.6 Å². The second kappa shape index (κ2) is 12.0. The van der Waals surface area contributed by atoms with E-state index < -0.39 is 0 Å². The molecule has 1 heterocycles. The van der Waals surface area contributed by atoms with Gasteiger partial charge in [-0.25, -0.2) is 4.79 Å². The molecule has 0 atom stereocenters. The van der Waals surface area contributed by atoms with Crippen LogP contribution < -0.4 is 5.32 Å². The first-order valence-corrected chi connectivity index (χ1v) is 11.0. The molecule has 0 fully saturated rings. The van der Waals surface area contributed by atoms with Gasteiger partial charge in [-0.05, 0) is 54.9 Å². The molecule has 0 unspecified atom stereocenters. The van der Waals surface area contributed by atoms with E-state index in [-0.39, 0.29) is 12.6 Å². The van der Waals surface area contributed by atoms with Crippen molar-refractivity contribution in [2.45, 2.75) is 52.2 Å². The number of hydrogen-bond donors (Lipinski definition) is 1. The summed E-state index contributed by atoms with van der Waals surface area (Å²) in [5.41, 5.74) is 3.80. The maximum absolute atomic E-state index is 12.3. The summed E-state index contributed by atoms with van der Waals surface area (Å²) in [5, 5.41) is 3.54. The van der Waals surface area contributed by atoms with Crippen LogP contribution in [0.3, 0.4) is 0 Å². The van der Waals surface area contributed by atoms with Crippen molar-refractivity contribution in [3.63, 3.8) is 0 Å². The molecule has 3 aromatic rings. The Labute approximate surface area is 179 Å². The van der Waals surface area contributed by atoms with Gasteiger partial charge in [-0.2, -0.15) is 0 Å². The molecule has 1 N–H and O–H groups in total. The summed E-state index contributed by atoms with van der Waals surface area (Å²) in [6.45, 7) is 4.41. The molecule has 1 aromatic heterocycles. The van der Waals surface area contributed by atoms with E-state index in [1.165, 1.54) is 37.8 Å². The summed E-state index contributed by atoms with van der Waals surface area (Å²) >= 11 is 0. The minimum atomic E-state index is -0.303. The Bertz CT molecular complexity index is 885. The molecular formula is C26H32N2O2. The number of unbranched alkanes of at least 4 members (excludes halogenated alkanes) is 4. The van der Waals surface area contributed by atoms with Gasteiger partial charge in [0, 0.05) is 24.1 Å². The summed E-state index contributed by atoms with van der Waals surface area (Å²) in [5.74, 6) is -0.303. The quantitative estimate of drug-likeness (QED) is 0.302. The molecule has 4 heteroatoms. The van der Waals surface area contributed by atoms with Crippen molar-refractivity contribution in [2.75, 3.05) is 6.54 Å². The monoisotopic (exact) mass is 404 g/mol. The molecule has 30 heavy (non-hydrogen) atoms. The smallest absolute Gasteiger partial charge is 0.338 e. The lowest BCUT2D eigenvalue weighted by molar-refractivity contribution is 0.0472. The lowest BCUT2D eigenvalue weighted by atomic mass is 10.1. The predicted molar refractivity (Wildman–Crippen MR) is 122 cm³/mol. The number of nitrogens with zero attached hydrogens (tertiary/aromatic N) is 1. The minimum Gasteiger partial charge on any atom is -0.457 e. The van der Waals surface area contributed by atoms with E-state index in [9.17, 15) is 4.79 Å². The lowest BCUT2D eigenvalue weighted by Crippen LogP contribution is -2.17. The van der Waals surface area contributed by atoms with E-state index in [0.717, 1.165) is 24.3 Å². The molecule has 0 bridgehead atoms.